The minimum absolute atomic E-state index is 0.229. The van der Waals surface area contributed by atoms with Gasteiger partial charge in [0.25, 0.3) is 5.91 Å². The third-order valence-corrected chi connectivity index (χ3v) is 7.48. The standard InChI is InChI=1S/C24H34FN3O4/c1-3-21(29)22(30)28-16-24(19-15-17(25)5-6-20(19)28)9-13-26(14-10-24)18-7-11-27(12-8-18)23(31)32-4-2/h5-6,15,18,21,29H,3-4,7-14,16H2,1-2H3/t21-/m0/s1. The largest absolute Gasteiger partial charge is 0.450 e. The van der Waals surface area contributed by atoms with Crippen LogP contribution in [-0.2, 0) is 14.9 Å². The number of carbonyl (C=O) groups excluding carboxylic acids is 2. The predicted octanol–water partition coefficient (Wildman–Crippen LogP) is 2.90. The monoisotopic (exact) mass is 447 g/mol. The number of hydrogen-bond donors (Lipinski definition) is 1. The van der Waals surface area contributed by atoms with Crippen LogP contribution in [0.3, 0.4) is 0 Å². The molecule has 0 bridgehead atoms. The molecule has 0 unspecified atom stereocenters. The van der Waals surface area contributed by atoms with Crippen LogP contribution in [0.2, 0.25) is 0 Å². The third kappa shape index (κ3) is 4.22. The molecule has 0 aliphatic carbocycles. The fourth-order valence-corrected chi connectivity index (χ4v) is 5.57. The molecule has 0 radical (unpaired) electrons. The van der Waals surface area contributed by atoms with Crippen molar-refractivity contribution in [3.05, 3.63) is 29.6 Å². The minimum Gasteiger partial charge on any atom is -0.450 e. The lowest BCUT2D eigenvalue weighted by atomic mass is 9.74. The summed E-state index contributed by atoms with van der Waals surface area (Å²) in [6.45, 7) is 7.65. The third-order valence-electron chi connectivity index (χ3n) is 7.48. The van der Waals surface area contributed by atoms with E-state index in [2.05, 4.69) is 4.90 Å². The molecular weight excluding hydrogens is 413 g/mol. The molecule has 2 amide bonds. The lowest BCUT2D eigenvalue weighted by Crippen LogP contribution is -2.52. The molecule has 1 atom stereocenters. The minimum atomic E-state index is -1.03. The number of aliphatic hydroxyl groups excluding tert-OH is 1. The van der Waals surface area contributed by atoms with Gasteiger partial charge in [-0.3, -0.25) is 4.79 Å². The molecule has 176 valence electrons. The molecule has 2 saturated heterocycles. The Balaban J connectivity index is 1.43. The highest BCUT2D eigenvalue weighted by atomic mass is 19.1. The smallest absolute Gasteiger partial charge is 0.409 e. The van der Waals surface area contributed by atoms with E-state index in [1.54, 1.807) is 28.9 Å². The van der Waals surface area contributed by atoms with Gasteiger partial charge in [-0.25, -0.2) is 9.18 Å². The highest BCUT2D eigenvalue weighted by molar-refractivity contribution is 5.99. The second kappa shape index (κ2) is 9.35. The number of piperidine rings is 2. The van der Waals surface area contributed by atoms with Crippen LogP contribution in [0.1, 0.15) is 51.5 Å². The van der Waals surface area contributed by atoms with Gasteiger partial charge in [0.2, 0.25) is 0 Å². The van der Waals surface area contributed by atoms with E-state index in [9.17, 15) is 19.1 Å². The molecule has 3 aliphatic heterocycles. The first kappa shape index (κ1) is 23.0. The molecule has 1 N–H and O–H groups in total. The number of hydrogen-bond acceptors (Lipinski definition) is 5. The molecule has 4 rings (SSSR count). The summed E-state index contributed by atoms with van der Waals surface area (Å²) in [6, 6.07) is 5.07. The van der Waals surface area contributed by atoms with Crippen LogP contribution in [0.4, 0.5) is 14.9 Å². The summed E-state index contributed by atoms with van der Waals surface area (Å²) in [5, 5.41) is 10.1. The number of aliphatic hydroxyl groups is 1. The van der Waals surface area contributed by atoms with E-state index in [1.807, 2.05) is 6.92 Å². The van der Waals surface area contributed by atoms with Crippen LogP contribution in [0.25, 0.3) is 0 Å². The van der Waals surface area contributed by atoms with Gasteiger partial charge in [-0.05, 0) is 75.9 Å². The predicted molar refractivity (Wildman–Crippen MR) is 119 cm³/mol. The summed E-state index contributed by atoms with van der Waals surface area (Å²) in [6.07, 6.45) is 2.62. The molecule has 3 aliphatic rings. The zero-order valence-corrected chi connectivity index (χ0v) is 19.1. The summed E-state index contributed by atoms with van der Waals surface area (Å²) in [5.74, 6) is -0.590. The molecule has 0 saturated carbocycles. The topological polar surface area (TPSA) is 73.3 Å². The number of amides is 2. The van der Waals surface area contributed by atoms with Crippen molar-refractivity contribution in [1.82, 2.24) is 9.80 Å². The molecule has 3 heterocycles. The molecule has 32 heavy (non-hydrogen) atoms. The van der Waals surface area contributed by atoms with Gasteiger partial charge in [0.05, 0.1) is 6.61 Å². The Morgan fingerprint density at radius 2 is 1.88 bits per heavy atom. The van der Waals surface area contributed by atoms with Crippen molar-refractivity contribution >= 4 is 17.7 Å². The summed E-state index contributed by atoms with van der Waals surface area (Å²) >= 11 is 0. The number of likely N-dealkylation sites (tertiary alicyclic amines) is 2. The first-order valence-electron chi connectivity index (χ1n) is 11.8. The van der Waals surface area contributed by atoms with Crippen LogP contribution < -0.4 is 4.90 Å². The maximum absolute atomic E-state index is 14.2. The van der Waals surface area contributed by atoms with Crippen molar-refractivity contribution in [3.63, 3.8) is 0 Å². The maximum atomic E-state index is 14.2. The number of fused-ring (bicyclic) bond motifs is 2. The number of rotatable bonds is 4. The first-order chi connectivity index (χ1) is 15.4. The van der Waals surface area contributed by atoms with E-state index in [-0.39, 0.29) is 23.2 Å². The van der Waals surface area contributed by atoms with Crippen molar-refractivity contribution in [2.45, 2.75) is 63.5 Å². The summed E-state index contributed by atoms with van der Waals surface area (Å²) < 4.78 is 19.3. The second-order valence-electron chi connectivity index (χ2n) is 9.24. The molecule has 2 fully saturated rings. The van der Waals surface area contributed by atoms with Gasteiger partial charge in [0.1, 0.15) is 11.9 Å². The molecule has 7 nitrogen and oxygen atoms in total. The molecule has 1 spiro atoms. The Labute approximate surface area is 189 Å². The molecule has 0 aromatic heterocycles. The van der Waals surface area contributed by atoms with Gasteiger partial charge in [0.15, 0.2) is 0 Å². The maximum Gasteiger partial charge on any atom is 0.409 e. The number of nitrogens with zero attached hydrogens (tertiary/aromatic N) is 3. The quantitative estimate of drug-likeness (QED) is 0.768. The average molecular weight is 448 g/mol. The number of benzene rings is 1. The molecule has 1 aromatic rings. The lowest BCUT2D eigenvalue weighted by molar-refractivity contribution is -0.126. The van der Waals surface area contributed by atoms with Gasteiger partial charge < -0.3 is 24.5 Å². The fraction of sp³-hybridized carbons (Fsp3) is 0.667. The highest BCUT2D eigenvalue weighted by Crippen LogP contribution is 2.48. The first-order valence-corrected chi connectivity index (χ1v) is 11.8. The molecular formula is C24H34FN3O4. The molecule has 1 aromatic carbocycles. The summed E-state index contributed by atoms with van der Waals surface area (Å²) in [5.41, 5.74) is 1.36. The number of carbonyl (C=O) groups is 2. The Hall–Kier alpha value is -2.19. The van der Waals surface area contributed by atoms with E-state index in [0.29, 0.717) is 38.7 Å². The van der Waals surface area contributed by atoms with Gasteiger partial charge in [-0.2, -0.15) is 0 Å². The fourth-order valence-electron chi connectivity index (χ4n) is 5.57. The average Bonchev–Trinajstić information content (AvgIpc) is 3.12. The van der Waals surface area contributed by atoms with Gasteiger partial charge in [-0.1, -0.05) is 6.92 Å². The zero-order valence-electron chi connectivity index (χ0n) is 19.1. The van der Waals surface area contributed by atoms with Crippen molar-refractivity contribution in [3.8, 4) is 0 Å². The van der Waals surface area contributed by atoms with E-state index in [4.69, 9.17) is 4.74 Å². The van der Waals surface area contributed by atoms with Crippen LogP contribution in [-0.4, -0.2) is 78.4 Å². The lowest BCUT2D eigenvalue weighted by Gasteiger charge is -2.45. The normalized spacial score (nSPS) is 22.1. The van der Waals surface area contributed by atoms with E-state index in [0.717, 1.165) is 50.0 Å². The zero-order chi connectivity index (χ0) is 22.9. The van der Waals surface area contributed by atoms with Crippen molar-refractivity contribution in [2.24, 2.45) is 0 Å². The van der Waals surface area contributed by atoms with Crippen molar-refractivity contribution in [1.29, 1.82) is 0 Å². The SMILES string of the molecule is CCOC(=O)N1CCC(N2CCC3(CC2)CN(C(=O)[C@@H](O)CC)c2ccc(F)cc23)CC1. The summed E-state index contributed by atoms with van der Waals surface area (Å²) in [7, 11) is 0. The van der Waals surface area contributed by atoms with Crippen LogP contribution >= 0.6 is 0 Å². The Kier molecular flexibility index (Phi) is 6.72. The Morgan fingerprint density at radius 1 is 1.19 bits per heavy atom. The van der Waals surface area contributed by atoms with E-state index in [1.165, 1.54) is 6.07 Å². The highest BCUT2D eigenvalue weighted by Gasteiger charge is 2.48. The van der Waals surface area contributed by atoms with Crippen LogP contribution in [0.15, 0.2) is 18.2 Å². The molecule has 8 heteroatoms. The van der Waals surface area contributed by atoms with Gasteiger partial charge >= 0.3 is 6.09 Å². The number of ether oxygens (including phenoxy) is 1. The second-order valence-corrected chi connectivity index (χ2v) is 9.24. The van der Waals surface area contributed by atoms with Gasteiger partial charge in [0, 0.05) is 36.8 Å². The van der Waals surface area contributed by atoms with E-state index < -0.39 is 6.10 Å². The number of halogens is 1. The summed E-state index contributed by atoms with van der Waals surface area (Å²) in [4.78, 5) is 30.7. The number of anilines is 1. The Morgan fingerprint density at radius 3 is 2.50 bits per heavy atom. The van der Waals surface area contributed by atoms with Crippen LogP contribution in [0.5, 0.6) is 0 Å². The van der Waals surface area contributed by atoms with Gasteiger partial charge in [-0.15, -0.1) is 0 Å². The Bertz CT molecular complexity index is 848. The van der Waals surface area contributed by atoms with E-state index >= 15 is 0 Å². The van der Waals surface area contributed by atoms with Crippen molar-refractivity contribution in [2.75, 3.05) is 44.2 Å². The van der Waals surface area contributed by atoms with Crippen LogP contribution in [0, 0.1) is 5.82 Å². The van der Waals surface area contributed by atoms with Crippen molar-refractivity contribution < 1.29 is 23.8 Å².